The van der Waals surface area contributed by atoms with E-state index < -0.39 is 0 Å². The van der Waals surface area contributed by atoms with Gasteiger partial charge in [0.25, 0.3) is 0 Å². The van der Waals surface area contributed by atoms with Gasteiger partial charge in [-0.1, -0.05) is 58.0 Å². The fourth-order valence-corrected chi connectivity index (χ4v) is 4.46. The third kappa shape index (κ3) is 5.17. The molecule has 3 aromatic rings. The molecule has 2 aromatic heterocycles. The van der Waals surface area contributed by atoms with Crippen molar-refractivity contribution in [2.45, 2.75) is 65.4 Å². The summed E-state index contributed by atoms with van der Waals surface area (Å²) in [7, 11) is 0. The van der Waals surface area contributed by atoms with E-state index in [1.807, 2.05) is 41.2 Å². The van der Waals surface area contributed by atoms with Crippen LogP contribution in [-0.4, -0.2) is 39.5 Å². The molecular formula is C27H35N5O. The Labute approximate surface area is 196 Å². The van der Waals surface area contributed by atoms with Gasteiger partial charge < -0.3 is 10.1 Å². The first-order valence-corrected chi connectivity index (χ1v) is 11.9. The highest BCUT2D eigenvalue weighted by molar-refractivity contribution is 6.00. The van der Waals surface area contributed by atoms with Crippen molar-refractivity contribution in [1.82, 2.24) is 19.9 Å². The summed E-state index contributed by atoms with van der Waals surface area (Å²) in [5.74, 6) is 0.719. The van der Waals surface area contributed by atoms with E-state index in [-0.39, 0.29) is 11.5 Å². The minimum absolute atomic E-state index is 0.106. The van der Waals surface area contributed by atoms with Gasteiger partial charge in [0.15, 0.2) is 5.65 Å². The lowest BCUT2D eigenvalue weighted by molar-refractivity contribution is 0.154. The summed E-state index contributed by atoms with van der Waals surface area (Å²) in [4.78, 5) is 9.67. The molecule has 1 N–H and O–H groups in total. The highest BCUT2D eigenvalue weighted by Crippen LogP contribution is 2.32. The minimum Gasteiger partial charge on any atom is -0.474 e. The summed E-state index contributed by atoms with van der Waals surface area (Å²) >= 11 is 0. The zero-order valence-corrected chi connectivity index (χ0v) is 20.4. The standard InChI is InChI=1S/C27H35N5O/c1-6-23(20-10-8-7-9-11-20)29-17-12-21-18-30-32-24(27(3,4)5)19(2)26(31-25(21)32)33-22-13-15-28-16-14-22/h7-12,17-18,22,28H,6,13-16H2,1-5H3/b17-12+,29-23?. The topological polar surface area (TPSA) is 63.8 Å². The largest absolute Gasteiger partial charge is 0.474 e. The summed E-state index contributed by atoms with van der Waals surface area (Å²) in [6, 6.07) is 10.3. The number of fused-ring (bicyclic) bond motifs is 1. The number of hydrogen-bond acceptors (Lipinski definition) is 5. The third-order valence-corrected chi connectivity index (χ3v) is 6.07. The van der Waals surface area contributed by atoms with Crippen LogP contribution < -0.4 is 10.1 Å². The van der Waals surface area contributed by atoms with Crippen LogP contribution in [0.2, 0.25) is 0 Å². The van der Waals surface area contributed by atoms with Crippen LogP contribution in [0, 0.1) is 6.92 Å². The Bertz CT molecular complexity index is 1150. The van der Waals surface area contributed by atoms with Gasteiger partial charge in [0.1, 0.15) is 6.10 Å². The summed E-state index contributed by atoms with van der Waals surface area (Å²) in [5, 5.41) is 8.10. The van der Waals surface area contributed by atoms with Gasteiger partial charge in [0.05, 0.1) is 11.9 Å². The van der Waals surface area contributed by atoms with Crippen molar-refractivity contribution < 1.29 is 4.74 Å². The molecule has 33 heavy (non-hydrogen) atoms. The molecule has 1 aliphatic heterocycles. The van der Waals surface area contributed by atoms with Gasteiger partial charge in [-0.3, -0.25) is 4.99 Å². The molecule has 0 saturated carbocycles. The van der Waals surface area contributed by atoms with E-state index in [1.54, 1.807) is 0 Å². The summed E-state index contributed by atoms with van der Waals surface area (Å²) in [5.41, 5.74) is 6.01. The number of piperidine rings is 1. The number of hydrogen-bond donors (Lipinski definition) is 1. The van der Waals surface area contributed by atoms with E-state index in [2.05, 4.69) is 52.1 Å². The van der Waals surface area contributed by atoms with E-state index in [1.165, 1.54) is 0 Å². The van der Waals surface area contributed by atoms with Crippen molar-refractivity contribution in [3.63, 3.8) is 0 Å². The lowest BCUT2D eigenvalue weighted by Gasteiger charge is -2.27. The zero-order chi connectivity index (χ0) is 23.4. The van der Waals surface area contributed by atoms with Gasteiger partial charge in [-0.25, -0.2) is 4.52 Å². The average molecular weight is 446 g/mol. The number of ether oxygens (including phenoxy) is 1. The molecule has 1 aliphatic rings. The normalized spacial score (nSPS) is 16.1. The number of aliphatic imine (C=N–C) groups is 1. The number of aromatic nitrogens is 3. The van der Waals surface area contributed by atoms with Crippen LogP contribution in [0.1, 0.15) is 69.3 Å². The second-order valence-electron chi connectivity index (χ2n) is 9.65. The molecule has 0 atom stereocenters. The molecule has 1 fully saturated rings. The van der Waals surface area contributed by atoms with E-state index in [4.69, 9.17) is 19.8 Å². The first kappa shape index (κ1) is 23.2. The second-order valence-corrected chi connectivity index (χ2v) is 9.65. The van der Waals surface area contributed by atoms with Crippen LogP contribution in [0.4, 0.5) is 0 Å². The molecular weight excluding hydrogens is 410 g/mol. The zero-order valence-electron chi connectivity index (χ0n) is 20.4. The average Bonchev–Trinajstić information content (AvgIpc) is 3.19. The Morgan fingerprint density at radius 1 is 1.21 bits per heavy atom. The summed E-state index contributed by atoms with van der Waals surface area (Å²) < 4.78 is 8.39. The maximum absolute atomic E-state index is 6.43. The second kappa shape index (κ2) is 9.87. The lowest BCUT2D eigenvalue weighted by atomic mass is 9.89. The molecule has 0 amide bonds. The Balaban J connectivity index is 1.73. The first-order valence-electron chi connectivity index (χ1n) is 11.9. The molecule has 6 heteroatoms. The number of nitrogens with zero attached hydrogens (tertiary/aromatic N) is 4. The van der Waals surface area contributed by atoms with Gasteiger partial charge in [-0.15, -0.1) is 0 Å². The molecule has 6 nitrogen and oxygen atoms in total. The minimum atomic E-state index is -0.106. The summed E-state index contributed by atoms with van der Waals surface area (Å²) in [6.07, 6.45) is 8.76. The first-order chi connectivity index (χ1) is 15.9. The molecule has 4 rings (SSSR count). The third-order valence-electron chi connectivity index (χ3n) is 6.07. The molecule has 0 radical (unpaired) electrons. The van der Waals surface area contributed by atoms with Gasteiger partial charge in [-0.05, 0) is 50.9 Å². The highest BCUT2D eigenvalue weighted by Gasteiger charge is 2.27. The smallest absolute Gasteiger partial charge is 0.220 e. The number of nitrogens with one attached hydrogen (secondary N) is 1. The highest BCUT2D eigenvalue weighted by atomic mass is 16.5. The Kier molecular flexibility index (Phi) is 6.94. The van der Waals surface area contributed by atoms with Crippen molar-refractivity contribution in [2.24, 2.45) is 4.99 Å². The quantitative estimate of drug-likeness (QED) is 0.521. The summed E-state index contributed by atoms with van der Waals surface area (Å²) in [6.45, 7) is 12.8. The maximum atomic E-state index is 6.43. The Morgan fingerprint density at radius 2 is 1.94 bits per heavy atom. The lowest BCUT2D eigenvalue weighted by Crippen LogP contribution is -2.34. The fraction of sp³-hybridized carbons (Fsp3) is 0.444. The van der Waals surface area contributed by atoms with E-state index in [0.29, 0.717) is 0 Å². The molecule has 1 aromatic carbocycles. The van der Waals surface area contributed by atoms with Crippen molar-refractivity contribution in [3.05, 3.63) is 65.1 Å². The predicted molar refractivity (Wildman–Crippen MR) is 135 cm³/mol. The van der Waals surface area contributed by atoms with Crippen molar-refractivity contribution >= 4 is 17.4 Å². The van der Waals surface area contributed by atoms with Crippen molar-refractivity contribution in [3.8, 4) is 5.88 Å². The van der Waals surface area contributed by atoms with Gasteiger partial charge >= 0.3 is 0 Å². The van der Waals surface area contributed by atoms with E-state index in [9.17, 15) is 0 Å². The fourth-order valence-electron chi connectivity index (χ4n) is 4.46. The van der Waals surface area contributed by atoms with Crippen LogP contribution in [-0.2, 0) is 5.41 Å². The molecule has 1 saturated heterocycles. The van der Waals surface area contributed by atoms with Crippen LogP contribution in [0.3, 0.4) is 0 Å². The SMILES string of the molecule is CCC(=N/C=C/c1cnn2c(C(C)(C)C)c(C)c(OC3CCNCC3)nc12)c1ccccc1. The number of rotatable bonds is 6. The van der Waals surface area contributed by atoms with Crippen LogP contribution in [0.15, 0.2) is 47.7 Å². The van der Waals surface area contributed by atoms with Crippen molar-refractivity contribution in [2.75, 3.05) is 13.1 Å². The van der Waals surface area contributed by atoms with Crippen LogP contribution >= 0.6 is 0 Å². The molecule has 3 heterocycles. The Morgan fingerprint density at radius 3 is 2.61 bits per heavy atom. The monoisotopic (exact) mass is 445 g/mol. The van der Waals surface area contributed by atoms with E-state index in [0.717, 1.165) is 72.0 Å². The van der Waals surface area contributed by atoms with Crippen LogP contribution in [0.25, 0.3) is 11.7 Å². The van der Waals surface area contributed by atoms with Crippen LogP contribution in [0.5, 0.6) is 5.88 Å². The van der Waals surface area contributed by atoms with Gasteiger partial charge in [0, 0.05) is 28.5 Å². The van der Waals surface area contributed by atoms with Gasteiger partial charge in [-0.2, -0.15) is 10.1 Å². The predicted octanol–water partition coefficient (Wildman–Crippen LogP) is 5.34. The van der Waals surface area contributed by atoms with Crippen molar-refractivity contribution in [1.29, 1.82) is 0 Å². The molecule has 0 unspecified atom stereocenters. The number of benzene rings is 1. The van der Waals surface area contributed by atoms with Gasteiger partial charge in [0.2, 0.25) is 5.88 Å². The maximum Gasteiger partial charge on any atom is 0.220 e. The molecule has 0 bridgehead atoms. The molecule has 0 aliphatic carbocycles. The molecule has 174 valence electrons. The Hall–Kier alpha value is -2.99. The molecule has 0 spiro atoms. The van der Waals surface area contributed by atoms with E-state index >= 15 is 0 Å².